The van der Waals surface area contributed by atoms with Gasteiger partial charge in [0.1, 0.15) is 0 Å². The van der Waals surface area contributed by atoms with Crippen LogP contribution in [0.2, 0.25) is 0 Å². The summed E-state index contributed by atoms with van der Waals surface area (Å²) < 4.78 is 2.06. The van der Waals surface area contributed by atoms with E-state index in [0.717, 1.165) is 29.7 Å². The minimum Gasteiger partial charge on any atom is -0.356 e. The van der Waals surface area contributed by atoms with Gasteiger partial charge in [-0.1, -0.05) is 38.6 Å². The third-order valence-electron chi connectivity index (χ3n) is 5.26. The number of rotatable bonds is 7. The van der Waals surface area contributed by atoms with E-state index in [1.54, 1.807) is 0 Å². The van der Waals surface area contributed by atoms with Crippen LogP contribution in [0, 0.1) is 11.3 Å². The first kappa shape index (κ1) is 21.1. The van der Waals surface area contributed by atoms with Crippen molar-refractivity contribution >= 4 is 29.0 Å². The van der Waals surface area contributed by atoms with Gasteiger partial charge >= 0.3 is 0 Å². The number of hydrogen-bond donors (Lipinski definition) is 1. The minimum atomic E-state index is 0.0158. The quantitative estimate of drug-likeness (QED) is 0.528. The van der Waals surface area contributed by atoms with Gasteiger partial charge in [-0.2, -0.15) is 0 Å². The van der Waals surface area contributed by atoms with Gasteiger partial charge in [-0.25, -0.2) is 0 Å². The van der Waals surface area contributed by atoms with Crippen LogP contribution in [0.1, 0.15) is 44.6 Å². The molecule has 0 aliphatic heterocycles. The summed E-state index contributed by atoms with van der Waals surface area (Å²) in [5, 5.41) is 12.4. The summed E-state index contributed by atoms with van der Waals surface area (Å²) in [6.45, 7) is 14.1. The van der Waals surface area contributed by atoms with Gasteiger partial charge in [-0.15, -0.1) is 28.1 Å². The van der Waals surface area contributed by atoms with Crippen LogP contribution in [0.25, 0.3) is 10.7 Å². The first-order chi connectivity index (χ1) is 13.3. The Bertz CT molecular complexity index is 847. The third kappa shape index (κ3) is 4.69. The van der Waals surface area contributed by atoms with Crippen LogP contribution in [0.15, 0.2) is 23.9 Å². The molecule has 152 valence electrons. The Morgan fingerprint density at radius 1 is 1.46 bits per heavy atom. The highest BCUT2D eigenvalue weighted by Crippen LogP contribution is 2.42. The summed E-state index contributed by atoms with van der Waals surface area (Å²) >= 11 is 3.26. The highest BCUT2D eigenvalue weighted by Gasteiger charge is 2.30. The van der Waals surface area contributed by atoms with E-state index in [1.807, 2.05) is 24.3 Å². The predicted molar refractivity (Wildman–Crippen MR) is 118 cm³/mol. The molecular weight excluding hydrogens is 388 g/mol. The molecular formula is C21H30N4OS2. The molecule has 1 atom stereocenters. The van der Waals surface area contributed by atoms with E-state index in [1.165, 1.54) is 33.5 Å². The Hall–Kier alpha value is -1.60. The number of nitrogens with zero attached hydrogens (tertiary/aromatic N) is 3. The van der Waals surface area contributed by atoms with Crippen LogP contribution in [0.5, 0.6) is 0 Å². The number of hydrogen-bond acceptors (Lipinski definition) is 5. The number of thiophene rings is 1. The zero-order chi connectivity index (χ0) is 20.3. The first-order valence-corrected chi connectivity index (χ1v) is 11.7. The van der Waals surface area contributed by atoms with E-state index in [4.69, 9.17) is 0 Å². The number of fused-ring (bicyclic) bond motifs is 1. The molecule has 5 nitrogen and oxygen atoms in total. The molecule has 2 aromatic heterocycles. The van der Waals surface area contributed by atoms with Crippen LogP contribution < -0.4 is 5.32 Å². The number of carbonyl (C=O) groups is 1. The van der Waals surface area contributed by atoms with Crippen molar-refractivity contribution in [2.75, 3.05) is 12.3 Å². The van der Waals surface area contributed by atoms with Crippen molar-refractivity contribution in [3.05, 3.63) is 29.2 Å². The first-order valence-electron chi connectivity index (χ1n) is 9.89. The van der Waals surface area contributed by atoms with Crippen LogP contribution in [-0.2, 0) is 24.2 Å². The van der Waals surface area contributed by atoms with Gasteiger partial charge < -0.3 is 5.32 Å². The van der Waals surface area contributed by atoms with Crippen molar-refractivity contribution < 1.29 is 4.79 Å². The van der Waals surface area contributed by atoms with Crippen LogP contribution in [0.3, 0.4) is 0 Å². The topological polar surface area (TPSA) is 59.8 Å². The van der Waals surface area contributed by atoms with E-state index in [-0.39, 0.29) is 5.91 Å². The lowest BCUT2D eigenvalue weighted by Gasteiger charge is -2.33. The highest BCUT2D eigenvalue weighted by molar-refractivity contribution is 7.99. The summed E-state index contributed by atoms with van der Waals surface area (Å²) in [6.07, 6.45) is 5.40. The van der Waals surface area contributed by atoms with E-state index in [9.17, 15) is 4.79 Å². The van der Waals surface area contributed by atoms with Crippen molar-refractivity contribution in [3.63, 3.8) is 0 Å². The van der Waals surface area contributed by atoms with E-state index in [2.05, 4.69) is 53.5 Å². The molecule has 1 aliphatic rings. The summed E-state index contributed by atoms with van der Waals surface area (Å²) in [7, 11) is 0. The lowest BCUT2D eigenvalue weighted by molar-refractivity contribution is -0.118. The van der Waals surface area contributed by atoms with Gasteiger partial charge in [0, 0.05) is 18.0 Å². The molecule has 0 saturated heterocycles. The van der Waals surface area contributed by atoms with Crippen molar-refractivity contribution in [1.29, 1.82) is 0 Å². The predicted octanol–water partition coefficient (Wildman–Crippen LogP) is 4.57. The third-order valence-corrected chi connectivity index (χ3v) is 7.46. The molecule has 2 aromatic rings. The molecule has 0 spiro atoms. The van der Waals surface area contributed by atoms with Crippen LogP contribution in [0.4, 0.5) is 0 Å². The van der Waals surface area contributed by atoms with Crippen molar-refractivity contribution in [2.24, 2.45) is 11.3 Å². The maximum Gasteiger partial charge on any atom is 0.230 e. The molecule has 2 heterocycles. The summed E-state index contributed by atoms with van der Waals surface area (Å²) in [5.74, 6) is 1.96. The fourth-order valence-corrected chi connectivity index (χ4v) is 5.60. The maximum atomic E-state index is 11.8. The monoisotopic (exact) mass is 418 g/mol. The van der Waals surface area contributed by atoms with Crippen molar-refractivity contribution in [1.82, 2.24) is 20.1 Å². The Morgan fingerprint density at radius 3 is 2.93 bits per heavy atom. The SMILES string of the molecule is C=CCn1c(SCC(=O)NCC)nnc1-c1cc2c(s1)CCC(C(C)(C)C)C2. The Balaban J connectivity index is 1.83. The van der Waals surface area contributed by atoms with E-state index >= 15 is 0 Å². The molecule has 1 aliphatic carbocycles. The van der Waals surface area contributed by atoms with Gasteiger partial charge in [0.05, 0.1) is 10.6 Å². The molecule has 0 fully saturated rings. The van der Waals surface area contributed by atoms with Crippen molar-refractivity contribution in [2.45, 2.75) is 58.7 Å². The second kappa shape index (κ2) is 8.82. The number of aryl methyl sites for hydroxylation is 1. The standard InChI is InChI=1S/C21H30N4OS2/c1-6-10-25-19(23-24-20(25)27-13-18(26)22-7-2)17-12-14-11-15(21(3,4)5)8-9-16(14)28-17/h6,12,15H,1,7-11,13H2,2-5H3,(H,22,26). The number of carbonyl (C=O) groups excluding carboxylic acids is 1. The number of amides is 1. The fourth-order valence-electron chi connectivity index (χ4n) is 3.62. The van der Waals surface area contributed by atoms with E-state index in [0.29, 0.717) is 24.3 Å². The zero-order valence-corrected chi connectivity index (χ0v) is 18.9. The zero-order valence-electron chi connectivity index (χ0n) is 17.2. The average molecular weight is 419 g/mol. The lowest BCUT2D eigenvalue weighted by atomic mass is 9.72. The Morgan fingerprint density at radius 2 is 2.25 bits per heavy atom. The van der Waals surface area contributed by atoms with Gasteiger partial charge in [0.25, 0.3) is 0 Å². The lowest BCUT2D eigenvalue weighted by Crippen LogP contribution is -2.26. The number of thioether (sulfide) groups is 1. The average Bonchev–Trinajstić information content (AvgIpc) is 3.22. The molecule has 0 bridgehead atoms. The van der Waals surface area contributed by atoms with Crippen LogP contribution >= 0.6 is 23.1 Å². The minimum absolute atomic E-state index is 0.0158. The van der Waals surface area contributed by atoms with E-state index < -0.39 is 0 Å². The molecule has 0 aromatic carbocycles. The number of aromatic nitrogens is 3. The molecule has 1 amide bonds. The molecule has 1 unspecified atom stereocenters. The second-order valence-electron chi connectivity index (χ2n) is 8.31. The van der Waals surface area contributed by atoms with Gasteiger partial charge in [0.2, 0.25) is 5.91 Å². The molecule has 7 heteroatoms. The number of allylic oxidation sites excluding steroid dienone is 1. The molecule has 0 saturated carbocycles. The normalized spacial score (nSPS) is 16.6. The smallest absolute Gasteiger partial charge is 0.230 e. The summed E-state index contributed by atoms with van der Waals surface area (Å²) in [4.78, 5) is 14.5. The van der Waals surface area contributed by atoms with Gasteiger partial charge in [-0.3, -0.25) is 9.36 Å². The van der Waals surface area contributed by atoms with Crippen molar-refractivity contribution in [3.8, 4) is 10.7 Å². The fraction of sp³-hybridized carbons (Fsp3) is 0.571. The van der Waals surface area contributed by atoms with Crippen LogP contribution in [-0.4, -0.2) is 33.0 Å². The second-order valence-corrected chi connectivity index (χ2v) is 10.4. The van der Waals surface area contributed by atoms with Gasteiger partial charge in [-0.05, 0) is 49.1 Å². The Kier molecular flexibility index (Phi) is 6.65. The maximum absolute atomic E-state index is 11.8. The van der Waals surface area contributed by atoms with Gasteiger partial charge in [0.15, 0.2) is 11.0 Å². The molecule has 1 N–H and O–H groups in total. The summed E-state index contributed by atoms with van der Waals surface area (Å²) in [6, 6.07) is 2.31. The summed E-state index contributed by atoms with van der Waals surface area (Å²) in [5.41, 5.74) is 1.81. The molecule has 0 radical (unpaired) electrons. The number of nitrogens with one attached hydrogen (secondary N) is 1. The molecule has 3 rings (SSSR count). The highest BCUT2D eigenvalue weighted by atomic mass is 32.2. The largest absolute Gasteiger partial charge is 0.356 e. The Labute approximate surface area is 176 Å². The molecule has 28 heavy (non-hydrogen) atoms.